The molecule has 0 atom stereocenters. The third-order valence-corrected chi connectivity index (χ3v) is 5.24. The monoisotopic (exact) mass is 341 g/mol. The number of nitrogens with zero attached hydrogens (tertiary/aromatic N) is 4. The molecule has 0 bridgehead atoms. The number of hydrogen-bond acceptors (Lipinski definition) is 3. The molecule has 2 aromatic rings. The number of imidazole rings is 1. The Hall–Kier alpha value is -2.57. The minimum Gasteiger partial charge on any atom is -0.342 e. The SMILES string of the molecule is O=C(CCn1cnc2ccccc21)N1CCC(N2CCNC2=O)CC1. The van der Waals surface area contributed by atoms with Crippen molar-refractivity contribution >= 4 is 23.0 Å². The average molecular weight is 341 g/mol. The molecule has 3 heterocycles. The molecule has 0 spiro atoms. The van der Waals surface area contributed by atoms with Crippen molar-refractivity contribution < 1.29 is 9.59 Å². The molecule has 132 valence electrons. The highest BCUT2D eigenvalue weighted by Crippen LogP contribution is 2.19. The molecule has 2 saturated heterocycles. The number of hydrogen-bond donors (Lipinski definition) is 1. The van der Waals surface area contributed by atoms with Crippen LogP contribution in [0.15, 0.2) is 30.6 Å². The summed E-state index contributed by atoms with van der Waals surface area (Å²) in [6, 6.07) is 8.27. The van der Waals surface area contributed by atoms with Gasteiger partial charge in [0.2, 0.25) is 5.91 Å². The van der Waals surface area contributed by atoms with Gasteiger partial charge in [-0.05, 0) is 25.0 Å². The Kier molecular flexibility index (Phi) is 4.29. The van der Waals surface area contributed by atoms with E-state index >= 15 is 0 Å². The van der Waals surface area contributed by atoms with E-state index in [2.05, 4.69) is 10.3 Å². The van der Waals surface area contributed by atoms with Crippen LogP contribution in [0.2, 0.25) is 0 Å². The topological polar surface area (TPSA) is 70.5 Å². The highest BCUT2D eigenvalue weighted by atomic mass is 16.2. The second-order valence-electron chi connectivity index (χ2n) is 6.71. The van der Waals surface area contributed by atoms with Gasteiger partial charge in [0.25, 0.3) is 0 Å². The molecule has 0 aliphatic carbocycles. The first kappa shape index (κ1) is 15.9. The van der Waals surface area contributed by atoms with Gasteiger partial charge in [-0.2, -0.15) is 0 Å². The highest BCUT2D eigenvalue weighted by Gasteiger charge is 2.31. The summed E-state index contributed by atoms with van der Waals surface area (Å²) in [7, 11) is 0. The summed E-state index contributed by atoms with van der Waals surface area (Å²) in [5, 5.41) is 2.85. The van der Waals surface area contributed by atoms with Gasteiger partial charge in [-0.3, -0.25) is 4.79 Å². The lowest BCUT2D eigenvalue weighted by Gasteiger charge is -2.36. The Morgan fingerprint density at radius 2 is 2.00 bits per heavy atom. The minimum atomic E-state index is 0.0387. The number of aromatic nitrogens is 2. The fourth-order valence-electron chi connectivity index (χ4n) is 3.82. The Morgan fingerprint density at radius 1 is 1.20 bits per heavy atom. The molecule has 0 saturated carbocycles. The van der Waals surface area contributed by atoms with Crippen LogP contribution >= 0.6 is 0 Å². The maximum absolute atomic E-state index is 12.5. The van der Waals surface area contributed by atoms with Crippen LogP contribution in [-0.2, 0) is 11.3 Å². The van der Waals surface area contributed by atoms with E-state index in [4.69, 9.17) is 0 Å². The Labute approximate surface area is 146 Å². The van der Waals surface area contributed by atoms with E-state index in [0.29, 0.717) is 13.0 Å². The lowest BCUT2D eigenvalue weighted by atomic mass is 10.0. The van der Waals surface area contributed by atoms with Crippen LogP contribution in [-0.4, -0.2) is 63.5 Å². The number of likely N-dealkylation sites (tertiary alicyclic amines) is 1. The first-order valence-corrected chi connectivity index (χ1v) is 8.94. The molecule has 7 nitrogen and oxygen atoms in total. The van der Waals surface area contributed by atoms with Gasteiger partial charge in [-0.1, -0.05) is 12.1 Å². The largest absolute Gasteiger partial charge is 0.342 e. The van der Waals surface area contributed by atoms with Crippen molar-refractivity contribution in [2.75, 3.05) is 26.2 Å². The fraction of sp³-hybridized carbons (Fsp3) is 0.500. The molecule has 1 aromatic carbocycles. The van der Waals surface area contributed by atoms with Crippen molar-refractivity contribution in [1.82, 2.24) is 24.7 Å². The summed E-state index contributed by atoms with van der Waals surface area (Å²) in [5.41, 5.74) is 2.02. The second kappa shape index (κ2) is 6.74. The molecule has 4 rings (SSSR count). The van der Waals surface area contributed by atoms with Crippen molar-refractivity contribution in [3.63, 3.8) is 0 Å². The van der Waals surface area contributed by atoms with E-state index in [0.717, 1.165) is 50.1 Å². The molecule has 25 heavy (non-hydrogen) atoms. The number of fused-ring (bicyclic) bond motifs is 1. The molecule has 2 aliphatic rings. The number of urea groups is 1. The summed E-state index contributed by atoms with van der Waals surface area (Å²) in [6.07, 6.45) is 4.02. The van der Waals surface area contributed by atoms with Crippen LogP contribution < -0.4 is 5.32 Å². The zero-order valence-corrected chi connectivity index (χ0v) is 14.2. The predicted octanol–water partition coefficient (Wildman–Crippen LogP) is 1.44. The summed E-state index contributed by atoms with van der Waals surface area (Å²) >= 11 is 0. The zero-order valence-electron chi connectivity index (χ0n) is 14.2. The number of carbonyl (C=O) groups is 2. The summed E-state index contributed by atoms with van der Waals surface area (Å²) in [4.78, 5) is 32.5. The number of nitrogens with one attached hydrogen (secondary N) is 1. The van der Waals surface area contributed by atoms with E-state index in [-0.39, 0.29) is 18.0 Å². The Bertz CT molecular complexity index is 779. The molecular formula is C18H23N5O2. The minimum absolute atomic E-state index is 0.0387. The van der Waals surface area contributed by atoms with Gasteiger partial charge < -0.3 is 19.7 Å². The van der Waals surface area contributed by atoms with Gasteiger partial charge in [-0.25, -0.2) is 9.78 Å². The molecule has 1 N–H and O–H groups in total. The third kappa shape index (κ3) is 3.18. The molecule has 2 aliphatic heterocycles. The summed E-state index contributed by atoms with van der Waals surface area (Å²) < 4.78 is 2.04. The van der Waals surface area contributed by atoms with Gasteiger partial charge in [-0.15, -0.1) is 0 Å². The van der Waals surface area contributed by atoms with Crippen molar-refractivity contribution in [3.8, 4) is 0 Å². The fourth-order valence-corrected chi connectivity index (χ4v) is 3.82. The van der Waals surface area contributed by atoms with Gasteiger partial charge in [0.15, 0.2) is 0 Å². The van der Waals surface area contributed by atoms with E-state index in [9.17, 15) is 9.59 Å². The molecule has 0 radical (unpaired) electrons. The number of benzene rings is 1. The molecule has 2 fully saturated rings. The molecule has 0 unspecified atom stereocenters. The second-order valence-corrected chi connectivity index (χ2v) is 6.71. The maximum atomic E-state index is 12.5. The number of amides is 3. The molecule has 7 heteroatoms. The number of aryl methyl sites for hydroxylation is 1. The number of rotatable bonds is 4. The van der Waals surface area contributed by atoms with Crippen LogP contribution in [0, 0.1) is 0 Å². The van der Waals surface area contributed by atoms with Gasteiger partial charge in [0.05, 0.1) is 17.4 Å². The maximum Gasteiger partial charge on any atom is 0.317 e. The quantitative estimate of drug-likeness (QED) is 0.915. The summed E-state index contributed by atoms with van der Waals surface area (Å²) in [5.74, 6) is 0.183. The predicted molar refractivity (Wildman–Crippen MR) is 94.1 cm³/mol. The number of carbonyl (C=O) groups excluding carboxylic acids is 2. The molecular weight excluding hydrogens is 318 g/mol. The Morgan fingerprint density at radius 3 is 2.76 bits per heavy atom. The van der Waals surface area contributed by atoms with Crippen molar-refractivity contribution in [1.29, 1.82) is 0 Å². The number of piperidine rings is 1. The van der Waals surface area contributed by atoms with Crippen LogP contribution in [0.5, 0.6) is 0 Å². The first-order valence-electron chi connectivity index (χ1n) is 8.94. The van der Waals surface area contributed by atoms with Crippen LogP contribution in [0.3, 0.4) is 0 Å². The van der Waals surface area contributed by atoms with Crippen LogP contribution in [0.1, 0.15) is 19.3 Å². The van der Waals surface area contributed by atoms with E-state index < -0.39 is 0 Å². The summed E-state index contributed by atoms with van der Waals surface area (Å²) in [6.45, 7) is 3.63. The number of para-hydroxylation sites is 2. The van der Waals surface area contributed by atoms with E-state index in [1.165, 1.54) is 0 Å². The van der Waals surface area contributed by atoms with Crippen molar-refractivity contribution in [2.45, 2.75) is 31.8 Å². The van der Waals surface area contributed by atoms with Gasteiger partial charge in [0.1, 0.15) is 0 Å². The smallest absolute Gasteiger partial charge is 0.317 e. The Balaban J connectivity index is 1.30. The third-order valence-electron chi connectivity index (χ3n) is 5.24. The molecule has 3 amide bonds. The van der Waals surface area contributed by atoms with Crippen LogP contribution in [0.25, 0.3) is 11.0 Å². The van der Waals surface area contributed by atoms with E-state index in [1.807, 2.05) is 38.6 Å². The van der Waals surface area contributed by atoms with Gasteiger partial charge in [0, 0.05) is 45.2 Å². The highest BCUT2D eigenvalue weighted by molar-refractivity contribution is 5.78. The normalized spacial score (nSPS) is 18.8. The van der Waals surface area contributed by atoms with Crippen LogP contribution in [0.4, 0.5) is 4.79 Å². The average Bonchev–Trinajstić information content (AvgIpc) is 3.26. The first-order chi connectivity index (χ1) is 12.2. The van der Waals surface area contributed by atoms with Gasteiger partial charge >= 0.3 is 6.03 Å². The molecule has 1 aromatic heterocycles. The van der Waals surface area contributed by atoms with E-state index in [1.54, 1.807) is 6.33 Å². The van der Waals surface area contributed by atoms with Crippen molar-refractivity contribution in [2.24, 2.45) is 0 Å². The lowest BCUT2D eigenvalue weighted by Crippen LogP contribution is -2.47. The standard InChI is InChI=1S/C18H23N5O2/c24-17(7-11-22-13-20-15-3-1-2-4-16(15)22)21-9-5-14(6-10-21)23-12-8-19-18(23)25/h1-4,13-14H,5-12H2,(H,19,25). The lowest BCUT2D eigenvalue weighted by molar-refractivity contribution is -0.132. The zero-order chi connectivity index (χ0) is 17.2. The van der Waals surface area contributed by atoms with Crippen molar-refractivity contribution in [3.05, 3.63) is 30.6 Å².